The summed E-state index contributed by atoms with van der Waals surface area (Å²) in [6, 6.07) is 0. The average molecular weight is 235 g/mol. The van der Waals surface area contributed by atoms with Crippen LogP contribution in [0.5, 0.6) is 0 Å². The monoisotopic (exact) mass is 235 g/mol. The first-order chi connectivity index (χ1) is 8.08. The van der Waals surface area contributed by atoms with E-state index in [2.05, 4.69) is 9.97 Å². The maximum atomic E-state index is 11.0. The third-order valence-electron chi connectivity index (χ3n) is 3.27. The lowest BCUT2D eigenvalue weighted by Crippen LogP contribution is -2.39. The van der Waals surface area contributed by atoms with Crippen molar-refractivity contribution in [2.24, 2.45) is 5.92 Å². The molecule has 92 valence electrons. The van der Waals surface area contributed by atoms with Crippen molar-refractivity contribution in [3.05, 3.63) is 17.5 Å². The lowest BCUT2D eigenvalue weighted by Gasteiger charge is -2.30. The van der Waals surface area contributed by atoms with Crippen molar-refractivity contribution in [1.82, 2.24) is 9.97 Å². The summed E-state index contributed by atoms with van der Waals surface area (Å²) in [6.45, 7) is 5.26. The van der Waals surface area contributed by atoms with Gasteiger partial charge < -0.3 is 10.0 Å². The van der Waals surface area contributed by atoms with Crippen LogP contribution in [0.3, 0.4) is 0 Å². The Morgan fingerprint density at radius 1 is 1.53 bits per heavy atom. The molecule has 0 aliphatic carbocycles. The van der Waals surface area contributed by atoms with E-state index in [9.17, 15) is 4.79 Å². The lowest BCUT2D eigenvalue weighted by atomic mass is 9.99. The minimum Gasteiger partial charge on any atom is -0.481 e. The number of rotatable bonds is 2. The van der Waals surface area contributed by atoms with Crippen molar-refractivity contribution < 1.29 is 9.90 Å². The summed E-state index contributed by atoms with van der Waals surface area (Å²) < 4.78 is 0. The molecule has 5 heteroatoms. The molecule has 2 heterocycles. The molecular weight excluding hydrogens is 218 g/mol. The Labute approximate surface area is 100 Å². The molecule has 0 amide bonds. The van der Waals surface area contributed by atoms with Crippen LogP contribution in [-0.2, 0) is 4.79 Å². The second kappa shape index (κ2) is 4.69. The van der Waals surface area contributed by atoms with Crippen molar-refractivity contribution >= 4 is 11.9 Å². The van der Waals surface area contributed by atoms with E-state index < -0.39 is 5.97 Å². The molecule has 0 bridgehead atoms. The first kappa shape index (κ1) is 11.8. The molecule has 0 radical (unpaired) electrons. The number of nitrogens with zero attached hydrogens (tertiary/aromatic N) is 3. The van der Waals surface area contributed by atoms with Gasteiger partial charge in [0.1, 0.15) is 0 Å². The molecule has 1 atom stereocenters. The number of aliphatic carboxylic acids is 1. The molecule has 1 N–H and O–H groups in total. The Morgan fingerprint density at radius 3 is 2.94 bits per heavy atom. The van der Waals surface area contributed by atoms with E-state index in [-0.39, 0.29) is 5.92 Å². The maximum absolute atomic E-state index is 11.0. The van der Waals surface area contributed by atoms with Crippen molar-refractivity contribution in [2.45, 2.75) is 26.7 Å². The van der Waals surface area contributed by atoms with Gasteiger partial charge in [0.2, 0.25) is 5.95 Å². The Kier molecular flexibility index (Phi) is 3.26. The number of hydrogen-bond acceptors (Lipinski definition) is 4. The molecule has 1 aliphatic rings. The topological polar surface area (TPSA) is 66.3 Å². The molecule has 17 heavy (non-hydrogen) atoms. The minimum absolute atomic E-state index is 0.297. The van der Waals surface area contributed by atoms with Crippen LogP contribution < -0.4 is 4.90 Å². The van der Waals surface area contributed by atoms with Gasteiger partial charge in [-0.3, -0.25) is 4.79 Å². The van der Waals surface area contributed by atoms with E-state index in [0.29, 0.717) is 12.5 Å². The van der Waals surface area contributed by atoms with E-state index >= 15 is 0 Å². The summed E-state index contributed by atoms with van der Waals surface area (Å²) in [5, 5.41) is 9.03. The molecule has 1 aromatic rings. The fraction of sp³-hybridized carbons (Fsp3) is 0.583. The summed E-state index contributed by atoms with van der Waals surface area (Å²) in [4.78, 5) is 21.6. The van der Waals surface area contributed by atoms with Crippen molar-refractivity contribution in [3.8, 4) is 0 Å². The van der Waals surface area contributed by atoms with Gasteiger partial charge in [-0.15, -0.1) is 0 Å². The quantitative estimate of drug-likeness (QED) is 0.839. The maximum Gasteiger partial charge on any atom is 0.308 e. The lowest BCUT2D eigenvalue weighted by molar-refractivity contribution is -0.141. The zero-order valence-corrected chi connectivity index (χ0v) is 10.2. The molecular formula is C12H17N3O2. The predicted molar refractivity (Wildman–Crippen MR) is 64.1 cm³/mol. The summed E-state index contributed by atoms with van der Waals surface area (Å²) in [5.74, 6) is -0.369. The van der Waals surface area contributed by atoms with Crippen molar-refractivity contribution in [2.75, 3.05) is 18.0 Å². The predicted octanol–water partition coefficient (Wildman–Crippen LogP) is 1.39. The fourth-order valence-corrected chi connectivity index (χ4v) is 2.03. The second-order valence-corrected chi connectivity index (χ2v) is 4.56. The first-order valence-corrected chi connectivity index (χ1v) is 5.86. The molecule has 1 saturated heterocycles. The van der Waals surface area contributed by atoms with Gasteiger partial charge in [-0.2, -0.15) is 0 Å². The highest BCUT2D eigenvalue weighted by molar-refractivity contribution is 5.71. The minimum atomic E-state index is -0.724. The smallest absolute Gasteiger partial charge is 0.308 e. The molecule has 1 aromatic heterocycles. The summed E-state index contributed by atoms with van der Waals surface area (Å²) in [5.41, 5.74) is 2.01. The van der Waals surface area contributed by atoms with Crippen LogP contribution in [0.25, 0.3) is 0 Å². The van der Waals surface area contributed by atoms with Gasteiger partial charge in [0, 0.05) is 25.0 Å². The Hall–Kier alpha value is -1.65. The van der Waals surface area contributed by atoms with Crippen LogP contribution in [-0.4, -0.2) is 34.1 Å². The van der Waals surface area contributed by atoms with Crippen molar-refractivity contribution in [1.29, 1.82) is 0 Å². The van der Waals surface area contributed by atoms with Crippen LogP contribution in [0.1, 0.15) is 24.1 Å². The van der Waals surface area contributed by atoms with Crippen molar-refractivity contribution in [3.63, 3.8) is 0 Å². The van der Waals surface area contributed by atoms with Gasteiger partial charge in [0.05, 0.1) is 5.92 Å². The van der Waals surface area contributed by atoms with Gasteiger partial charge in [0.15, 0.2) is 0 Å². The number of carboxylic acids is 1. The van der Waals surface area contributed by atoms with Crippen LogP contribution in [0.4, 0.5) is 5.95 Å². The highest BCUT2D eigenvalue weighted by Crippen LogP contribution is 2.20. The molecule has 0 saturated carbocycles. The average Bonchev–Trinajstić information content (AvgIpc) is 2.33. The summed E-state index contributed by atoms with van der Waals surface area (Å²) in [6.07, 6.45) is 3.42. The second-order valence-electron chi connectivity index (χ2n) is 4.56. The third-order valence-corrected chi connectivity index (χ3v) is 3.27. The number of piperidine rings is 1. The Balaban J connectivity index is 2.16. The third kappa shape index (κ3) is 2.54. The van der Waals surface area contributed by atoms with E-state index in [1.807, 2.05) is 18.7 Å². The zero-order chi connectivity index (χ0) is 12.4. The van der Waals surface area contributed by atoms with Gasteiger partial charge in [-0.05, 0) is 32.3 Å². The van der Waals surface area contributed by atoms with Crippen LogP contribution in [0.2, 0.25) is 0 Å². The molecule has 0 aromatic carbocycles. The molecule has 1 fully saturated rings. The molecule has 1 unspecified atom stereocenters. The molecule has 0 spiro atoms. The standard InChI is InChI=1S/C12H17N3O2/c1-8-6-13-12(14-9(8)2)15-5-3-4-10(7-15)11(16)17/h6,10H,3-5,7H2,1-2H3,(H,16,17). The van der Waals surface area contributed by atoms with E-state index in [4.69, 9.17) is 5.11 Å². The summed E-state index contributed by atoms with van der Waals surface area (Å²) in [7, 11) is 0. The van der Waals surface area contributed by atoms with Gasteiger partial charge in [0.25, 0.3) is 0 Å². The Morgan fingerprint density at radius 2 is 2.29 bits per heavy atom. The largest absolute Gasteiger partial charge is 0.481 e. The van der Waals surface area contributed by atoms with Crippen LogP contribution in [0.15, 0.2) is 6.20 Å². The summed E-state index contributed by atoms with van der Waals surface area (Å²) >= 11 is 0. The number of hydrogen-bond donors (Lipinski definition) is 1. The first-order valence-electron chi connectivity index (χ1n) is 5.86. The zero-order valence-electron chi connectivity index (χ0n) is 10.2. The van der Waals surface area contributed by atoms with E-state index in [1.54, 1.807) is 6.20 Å². The SMILES string of the molecule is Cc1cnc(N2CCCC(C(=O)O)C2)nc1C. The van der Waals surface area contributed by atoms with Gasteiger partial charge >= 0.3 is 5.97 Å². The number of anilines is 1. The van der Waals surface area contributed by atoms with Gasteiger partial charge in [-0.25, -0.2) is 9.97 Å². The van der Waals surface area contributed by atoms with Crippen LogP contribution in [0, 0.1) is 19.8 Å². The molecule has 1 aliphatic heterocycles. The number of carboxylic acid groups (broad SMARTS) is 1. The number of aryl methyl sites for hydroxylation is 2. The highest BCUT2D eigenvalue weighted by Gasteiger charge is 2.26. The molecule has 5 nitrogen and oxygen atoms in total. The van der Waals surface area contributed by atoms with Gasteiger partial charge in [-0.1, -0.05) is 0 Å². The number of carbonyl (C=O) groups is 1. The number of aromatic nitrogens is 2. The van der Waals surface area contributed by atoms with E-state index in [0.717, 1.165) is 30.6 Å². The normalized spacial score (nSPS) is 20.4. The Bertz CT molecular complexity index is 434. The fourth-order valence-electron chi connectivity index (χ4n) is 2.03. The molecule has 2 rings (SSSR count). The highest BCUT2D eigenvalue weighted by atomic mass is 16.4. The van der Waals surface area contributed by atoms with E-state index in [1.165, 1.54) is 0 Å². The van der Waals surface area contributed by atoms with Crippen LogP contribution >= 0.6 is 0 Å².